The molecule has 0 saturated heterocycles. The highest BCUT2D eigenvalue weighted by atomic mass is 16.5. The van der Waals surface area contributed by atoms with Gasteiger partial charge in [-0.15, -0.1) is 0 Å². The van der Waals surface area contributed by atoms with Gasteiger partial charge >= 0.3 is 5.97 Å². The lowest BCUT2D eigenvalue weighted by Gasteiger charge is -2.04. The van der Waals surface area contributed by atoms with Gasteiger partial charge in [-0.25, -0.2) is 9.78 Å². The predicted molar refractivity (Wildman–Crippen MR) is 47.5 cm³/mol. The summed E-state index contributed by atoms with van der Waals surface area (Å²) in [5.41, 5.74) is 1.05. The molecule has 0 fully saturated rings. The minimum absolute atomic E-state index is 0.258. The second-order valence-corrected chi connectivity index (χ2v) is 2.98. The van der Waals surface area contributed by atoms with Gasteiger partial charge in [0, 0.05) is 6.20 Å². The molecule has 0 saturated carbocycles. The second kappa shape index (κ2) is 3.98. The van der Waals surface area contributed by atoms with Crippen molar-refractivity contribution in [1.29, 1.82) is 0 Å². The van der Waals surface area contributed by atoms with Crippen molar-refractivity contribution in [3.05, 3.63) is 23.8 Å². The van der Waals surface area contributed by atoms with Crippen LogP contribution in [0.4, 0.5) is 0 Å². The molecule has 0 spiro atoms. The van der Waals surface area contributed by atoms with Gasteiger partial charge in [0.1, 0.15) is 0 Å². The molecule has 0 bridgehead atoms. The zero-order valence-electron chi connectivity index (χ0n) is 7.94. The summed E-state index contributed by atoms with van der Waals surface area (Å²) in [5, 5.41) is 0. The number of hydrogen-bond acceptors (Lipinski definition) is 4. The quantitative estimate of drug-likeness (QED) is 0.645. The Hall–Kier alpha value is -1.45. The summed E-state index contributed by atoms with van der Waals surface area (Å²) in [6.07, 6.45) is 3.05. The maximum atomic E-state index is 11.1. The smallest absolute Gasteiger partial charge is 0.358 e. The molecule has 0 aromatic carbocycles. The summed E-state index contributed by atoms with van der Waals surface area (Å²) < 4.78 is 4.53. The van der Waals surface area contributed by atoms with Crippen molar-refractivity contribution >= 4 is 5.97 Å². The van der Waals surface area contributed by atoms with Gasteiger partial charge in [0.25, 0.3) is 0 Å². The molecule has 1 aromatic rings. The first-order chi connectivity index (χ1) is 6.15. The van der Waals surface area contributed by atoms with Crippen molar-refractivity contribution < 1.29 is 9.53 Å². The highest BCUT2D eigenvalue weighted by molar-refractivity contribution is 5.86. The maximum Gasteiger partial charge on any atom is 0.358 e. The average molecular weight is 180 g/mol. The van der Waals surface area contributed by atoms with Gasteiger partial charge in [-0.1, -0.05) is 13.8 Å². The van der Waals surface area contributed by atoms with E-state index in [1.54, 1.807) is 6.20 Å². The van der Waals surface area contributed by atoms with Crippen LogP contribution in [0, 0.1) is 0 Å². The van der Waals surface area contributed by atoms with Crippen LogP contribution in [0.3, 0.4) is 0 Å². The standard InChI is InChI=1S/C9H12N2O2/c1-6(2)7-4-10-5-8(11-7)9(12)13-3/h4-6H,1-3H3. The third kappa shape index (κ3) is 2.24. The Balaban J connectivity index is 2.98. The Bertz CT molecular complexity index is 310. The van der Waals surface area contributed by atoms with E-state index in [9.17, 15) is 4.79 Å². The molecule has 0 unspecified atom stereocenters. The number of carbonyl (C=O) groups is 1. The number of nitrogens with zero attached hydrogens (tertiary/aromatic N) is 2. The molecular formula is C9H12N2O2. The summed E-state index contributed by atoms with van der Waals surface area (Å²) in [7, 11) is 1.33. The van der Waals surface area contributed by atoms with E-state index < -0.39 is 5.97 Å². The van der Waals surface area contributed by atoms with E-state index in [-0.39, 0.29) is 11.6 Å². The van der Waals surface area contributed by atoms with Gasteiger partial charge < -0.3 is 4.74 Å². The molecule has 0 radical (unpaired) electrons. The van der Waals surface area contributed by atoms with Crippen LogP contribution in [0.2, 0.25) is 0 Å². The van der Waals surface area contributed by atoms with Gasteiger partial charge in [0.15, 0.2) is 5.69 Å². The van der Waals surface area contributed by atoms with E-state index in [2.05, 4.69) is 14.7 Å². The van der Waals surface area contributed by atoms with Crippen LogP contribution < -0.4 is 0 Å². The third-order valence-corrected chi connectivity index (χ3v) is 1.64. The Morgan fingerprint density at radius 3 is 2.69 bits per heavy atom. The zero-order chi connectivity index (χ0) is 9.84. The number of hydrogen-bond donors (Lipinski definition) is 0. The molecule has 4 heteroatoms. The largest absolute Gasteiger partial charge is 0.464 e. The van der Waals surface area contributed by atoms with Gasteiger partial charge in [-0.05, 0) is 5.92 Å². The summed E-state index contributed by atoms with van der Waals surface area (Å²) in [6.45, 7) is 3.98. The Morgan fingerprint density at radius 2 is 2.15 bits per heavy atom. The lowest BCUT2D eigenvalue weighted by Crippen LogP contribution is -2.07. The molecule has 0 aliphatic rings. The van der Waals surface area contributed by atoms with Crippen LogP contribution in [-0.4, -0.2) is 23.0 Å². The highest BCUT2D eigenvalue weighted by Gasteiger charge is 2.09. The molecule has 0 atom stereocenters. The lowest BCUT2D eigenvalue weighted by molar-refractivity contribution is 0.0593. The predicted octanol–water partition coefficient (Wildman–Crippen LogP) is 1.39. The minimum Gasteiger partial charge on any atom is -0.464 e. The number of rotatable bonds is 2. The normalized spacial score (nSPS) is 10.2. The molecular weight excluding hydrogens is 168 g/mol. The fourth-order valence-corrected chi connectivity index (χ4v) is 0.862. The zero-order valence-corrected chi connectivity index (χ0v) is 7.94. The molecule has 0 amide bonds. The molecule has 1 rings (SSSR count). The van der Waals surface area contributed by atoms with E-state index in [0.717, 1.165) is 5.69 Å². The summed E-state index contributed by atoms with van der Waals surface area (Å²) in [6, 6.07) is 0. The van der Waals surface area contributed by atoms with Crippen LogP contribution in [0.5, 0.6) is 0 Å². The molecule has 0 aliphatic carbocycles. The van der Waals surface area contributed by atoms with Crippen molar-refractivity contribution in [3.8, 4) is 0 Å². The molecule has 70 valence electrons. The Kier molecular flexibility index (Phi) is 2.95. The molecule has 1 heterocycles. The van der Waals surface area contributed by atoms with Gasteiger partial charge in [0.05, 0.1) is 19.0 Å². The molecule has 13 heavy (non-hydrogen) atoms. The fourth-order valence-electron chi connectivity index (χ4n) is 0.862. The molecule has 1 aromatic heterocycles. The van der Waals surface area contributed by atoms with E-state index >= 15 is 0 Å². The number of ether oxygens (including phenoxy) is 1. The van der Waals surface area contributed by atoms with Crippen LogP contribution >= 0.6 is 0 Å². The maximum absolute atomic E-state index is 11.1. The number of carbonyl (C=O) groups excluding carboxylic acids is 1. The lowest BCUT2D eigenvalue weighted by atomic mass is 10.1. The van der Waals surface area contributed by atoms with Crippen LogP contribution in [0.15, 0.2) is 12.4 Å². The summed E-state index contributed by atoms with van der Waals surface area (Å²) in [4.78, 5) is 19.1. The number of aromatic nitrogens is 2. The van der Waals surface area contributed by atoms with Crippen LogP contribution in [0.25, 0.3) is 0 Å². The van der Waals surface area contributed by atoms with Crippen LogP contribution in [-0.2, 0) is 4.74 Å². The van der Waals surface area contributed by atoms with Gasteiger partial charge in [-0.3, -0.25) is 4.98 Å². The number of esters is 1. The van der Waals surface area contributed by atoms with E-state index in [1.807, 2.05) is 13.8 Å². The topological polar surface area (TPSA) is 52.1 Å². The minimum atomic E-state index is -0.449. The van der Waals surface area contributed by atoms with Gasteiger partial charge in [-0.2, -0.15) is 0 Å². The SMILES string of the molecule is COC(=O)c1cncc(C(C)C)n1. The average Bonchev–Trinajstić information content (AvgIpc) is 2.17. The van der Waals surface area contributed by atoms with Crippen molar-refractivity contribution in [2.45, 2.75) is 19.8 Å². The first-order valence-corrected chi connectivity index (χ1v) is 4.05. The van der Waals surface area contributed by atoms with Gasteiger partial charge in [0.2, 0.25) is 0 Å². The molecule has 4 nitrogen and oxygen atoms in total. The van der Waals surface area contributed by atoms with Crippen molar-refractivity contribution in [1.82, 2.24) is 9.97 Å². The third-order valence-electron chi connectivity index (χ3n) is 1.64. The molecule has 0 aliphatic heterocycles. The highest BCUT2D eigenvalue weighted by Crippen LogP contribution is 2.09. The first-order valence-electron chi connectivity index (χ1n) is 4.05. The van der Waals surface area contributed by atoms with E-state index in [4.69, 9.17) is 0 Å². The second-order valence-electron chi connectivity index (χ2n) is 2.98. The van der Waals surface area contributed by atoms with Crippen molar-refractivity contribution in [2.24, 2.45) is 0 Å². The van der Waals surface area contributed by atoms with E-state index in [1.165, 1.54) is 13.3 Å². The molecule has 0 N–H and O–H groups in total. The number of methoxy groups -OCH3 is 1. The Morgan fingerprint density at radius 1 is 1.46 bits per heavy atom. The van der Waals surface area contributed by atoms with Crippen molar-refractivity contribution in [3.63, 3.8) is 0 Å². The summed E-state index contributed by atoms with van der Waals surface area (Å²) >= 11 is 0. The fraction of sp³-hybridized carbons (Fsp3) is 0.444. The van der Waals surface area contributed by atoms with Crippen LogP contribution in [0.1, 0.15) is 35.9 Å². The Labute approximate surface area is 77.0 Å². The summed E-state index contributed by atoms with van der Waals surface area (Å²) in [5.74, 6) is -0.188. The van der Waals surface area contributed by atoms with E-state index in [0.29, 0.717) is 0 Å². The first kappa shape index (κ1) is 9.64. The van der Waals surface area contributed by atoms with Crippen molar-refractivity contribution in [2.75, 3.05) is 7.11 Å². The monoisotopic (exact) mass is 180 g/mol.